The third-order valence-corrected chi connectivity index (χ3v) is 12.3. The van der Waals surface area contributed by atoms with E-state index in [0.717, 1.165) is 43.4 Å². The molecule has 2 aliphatic carbocycles. The molecule has 6 rings (SSSR count). The van der Waals surface area contributed by atoms with E-state index in [4.69, 9.17) is 20.4 Å². The quantitative estimate of drug-likeness (QED) is 0.294. The molecule has 4 fully saturated rings. The highest BCUT2D eigenvalue weighted by atomic mass is 32.2. The number of alkyl halides is 6. The number of rotatable bonds is 9. The number of likely N-dealkylation sites (tertiary alicyclic amines) is 1. The Kier molecular flexibility index (Phi) is 13.0. The summed E-state index contributed by atoms with van der Waals surface area (Å²) in [7, 11) is -4.04. The molecule has 2 heterocycles. The van der Waals surface area contributed by atoms with Crippen LogP contribution in [-0.4, -0.2) is 97.1 Å². The minimum Gasteiger partial charge on any atom is -0.493 e. The number of hydrogen-bond acceptors (Lipinski definition) is 7. The van der Waals surface area contributed by atoms with Crippen LogP contribution < -0.4 is 10.5 Å². The molecule has 0 radical (unpaired) electrons. The van der Waals surface area contributed by atoms with Crippen molar-refractivity contribution in [1.29, 1.82) is 0 Å². The van der Waals surface area contributed by atoms with E-state index in [2.05, 4.69) is 4.90 Å². The molecule has 1 unspecified atom stereocenters. The van der Waals surface area contributed by atoms with E-state index in [1.165, 1.54) is 35.7 Å². The van der Waals surface area contributed by atoms with Crippen LogP contribution in [0.5, 0.6) is 5.75 Å². The summed E-state index contributed by atoms with van der Waals surface area (Å²) in [5.74, 6) is -1.63. The summed E-state index contributed by atoms with van der Waals surface area (Å²) in [6.07, 6.45) is -0.355. The Morgan fingerprint density at radius 3 is 1.94 bits per heavy atom. The van der Waals surface area contributed by atoms with Crippen LogP contribution in [0.25, 0.3) is 0 Å². The van der Waals surface area contributed by atoms with Gasteiger partial charge < -0.3 is 20.5 Å². The molecule has 4 aliphatic rings. The summed E-state index contributed by atoms with van der Waals surface area (Å²) in [5.41, 5.74) is 6.15. The standard InChI is InChI=1S/C34H45F3N4O4S.C2HF3O2/c35-34(36,37)27-10-8-26(9-11-27)32(25-6-7-25)40-20-21-41(31(22-40)33(42)39-18-16-28(38)17-19-39)46(43,44)30-14-12-29(13-15-30)45-23-24-4-2-1-3-5-24;3-2(4,5)1(6)7/h8-15,24-25,28,31-32H,1-7,16-23,38H2;(H,6,7)/t31-,32?;/m0./s1. The number of aliphatic carboxylic acids is 1. The first-order chi connectivity index (χ1) is 24.9. The Morgan fingerprint density at radius 1 is 0.830 bits per heavy atom. The summed E-state index contributed by atoms with van der Waals surface area (Å²) in [4.78, 5) is 26.9. The van der Waals surface area contributed by atoms with Gasteiger partial charge in [0.1, 0.15) is 11.8 Å². The number of benzene rings is 2. The van der Waals surface area contributed by atoms with Crippen molar-refractivity contribution in [3.63, 3.8) is 0 Å². The van der Waals surface area contributed by atoms with Gasteiger partial charge in [-0.15, -0.1) is 0 Å². The second-order valence-electron chi connectivity index (χ2n) is 14.3. The average molecular weight is 777 g/mol. The lowest BCUT2D eigenvalue weighted by Crippen LogP contribution is -2.62. The van der Waals surface area contributed by atoms with Crippen molar-refractivity contribution in [3.05, 3.63) is 59.7 Å². The van der Waals surface area contributed by atoms with E-state index in [-0.39, 0.29) is 41.9 Å². The lowest BCUT2D eigenvalue weighted by molar-refractivity contribution is -0.192. The van der Waals surface area contributed by atoms with E-state index in [9.17, 15) is 39.6 Å². The summed E-state index contributed by atoms with van der Waals surface area (Å²) in [5, 5.41) is 7.12. The first kappa shape index (κ1) is 40.8. The SMILES string of the molecule is NC1CCN(C(=O)[C@@H]2CN(C(c3ccc(C(F)(F)F)cc3)C3CC3)CCN2S(=O)(=O)c2ccc(OCC3CCCCC3)cc2)CC1.O=C(O)C(F)(F)F. The van der Waals surface area contributed by atoms with Crippen molar-refractivity contribution in [1.82, 2.24) is 14.1 Å². The largest absolute Gasteiger partial charge is 0.493 e. The third kappa shape index (κ3) is 10.6. The summed E-state index contributed by atoms with van der Waals surface area (Å²) in [6.45, 7) is 2.15. The highest BCUT2D eigenvalue weighted by Gasteiger charge is 2.46. The van der Waals surface area contributed by atoms with Crippen molar-refractivity contribution < 1.29 is 54.2 Å². The molecule has 0 spiro atoms. The van der Waals surface area contributed by atoms with Crippen LogP contribution >= 0.6 is 0 Å². The van der Waals surface area contributed by atoms with Crippen LogP contribution in [0.15, 0.2) is 53.4 Å². The zero-order valence-electron chi connectivity index (χ0n) is 29.2. The van der Waals surface area contributed by atoms with Crippen molar-refractivity contribution in [2.24, 2.45) is 17.6 Å². The van der Waals surface area contributed by atoms with Crippen molar-refractivity contribution in [2.75, 3.05) is 39.3 Å². The topological polar surface area (TPSA) is 133 Å². The van der Waals surface area contributed by atoms with Crippen molar-refractivity contribution in [2.45, 2.75) is 93.2 Å². The fourth-order valence-electron chi connectivity index (χ4n) is 7.33. The molecule has 53 heavy (non-hydrogen) atoms. The summed E-state index contributed by atoms with van der Waals surface area (Å²) in [6, 6.07) is 10.6. The van der Waals surface area contributed by atoms with Gasteiger partial charge in [0.15, 0.2) is 0 Å². The highest BCUT2D eigenvalue weighted by molar-refractivity contribution is 7.89. The minimum absolute atomic E-state index is 0.00417. The maximum Gasteiger partial charge on any atom is 0.490 e. The van der Waals surface area contributed by atoms with Crippen molar-refractivity contribution in [3.8, 4) is 5.75 Å². The number of amides is 1. The molecular formula is C36H46F6N4O6S. The Labute approximate surface area is 305 Å². The first-order valence-corrected chi connectivity index (χ1v) is 19.4. The maximum absolute atomic E-state index is 14.1. The van der Waals surface area contributed by atoms with E-state index in [0.29, 0.717) is 50.8 Å². The average Bonchev–Trinajstić information content (AvgIpc) is 3.96. The highest BCUT2D eigenvalue weighted by Crippen LogP contribution is 2.46. The van der Waals surface area contributed by atoms with Crippen molar-refractivity contribution >= 4 is 21.9 Å². The number of sulfonamides is 1. The monoisotopic (exact) mass is 776 g/mol. The molecule has 2 aliphatic heterocycles. The molecule has 0 aromatic heterocycles. The molecule has 3 N–H and O–H groups in total. The number of carboxylic acid groups (broad SMARTS) is 1. The number of halogens is 6. The van der Waals surface area contributed by atoms with Gasteiger partial charge in [-0.05, 0) is 92.3 Å². The van der Waals surface area contributed by atoms with Gasteiger partial charge in [-0.2, -0.15) is 30.6 Å². The Hall–Kier alpha value is -3.41. The van der Waals surface area contributed by atoms with E-state index >= 15 is 0 Å². The Balaban J connectivity index is 0.000000705. The second kappa shape index (κ2) is 16.9. The minimum atomic E-state index is -5.08. The van der Waals surface area contributed by atoms with Crippen LogP contribution in [0, 0.1) is 11.8 Å². The summed E-state index contributed by atoms with van der Waals surface area (Å²) >= 11 is 0. The molecule has 2 aromatic carbocycles. The van der Waals surface area contributed by atoms with Gasteiger partial charge in [0, 0.05) is 44.8 Å². The van der Waals surface area contributed by atoms with Gasteiger partial charge in [-0.1, -0.05) is 31.4 Å². The Morgan fingerprint density at radius 2 is 1.42 bits per heavy atom. The van der Waals surface area contributed by atoms with Crippen LogP contribution in [0.2, 0.25) is 0 Å². The first-order valence-electron chi connectivity index (χ1n) is 18.0. The smallest absolute Gasteiger partial charge is 0.490 e. The number of piperazine rings is 1. The second-order valence-corrected chi connectivity index (χ2v) is 16.2. The molecule has 17 heteroatoms. The number of nitrogens with zero attached hydrogens (tertiary/aromatic N) is 3. The zero-order valence-corrected chi connectivity index (χ0v) is 30.0. The van der Waals surface area contributed by atoms with Crippen LogP contribution in [0.3, 0.4) is 0 Å². The number of hydrogen-bond donors (Lipinski definition) is 2. The molecule has 1 amide bonds. The molecule has 10 nitrogen and oxygen atoms in total. The van der Waals surface area contributed by atoms with E-state index < -0.39 is 40.0 Å². The molecule has 2 saturated heterocycles. The van der Waals surface area contributed by atoms with Gasteiger partial charge in [0.05, 0.1) is 17.1 Å². The van der Waals surface area contributed by atoms with Gasteiger partial charge in [-0.3, -0.25) is 9.69 Å². The van der Waals surface area contributed by atoms with E-state index in [1.807, 2.05) is 0 Å². The number of ether oxygens (including phenoxy) is 1. The van der Waals surface area contributed by atoms with Gasteiger partial charge >= 0.3 is 18.3 Å². The third-order valence-electron chi connectivity index (χ3n) is 10.4. The molecule has 0 bridgehead atoms. The number of carbonyl (C=O) groups excluding carboxylic acids is 1. The number of carbonyl (C=O) groups is 2. The number of nitrogens with two attached hydrogens (primary N) is 1. The lowest BCUT2D eigenvalue weighted by atomic mass is 9.90. The van der Waals surface area contributed by atoms with Crippen LogP contribution in [0.1, 0.15) is 75.0 Å². The van der Waals surface area contributed by atoms with E-state index in [1.54, 1.807) is 29.2 Å². The zero-order chi connectivity index (χ0) is 38.6. The fourth-order valence-corrected chi connectivity index (χ4v) is 8.90. The molecule has 2 saturated carbocycles. The molecular weight excluding hydrogens is 730 g/mol. The Bertz CT molecular complexity index is 1640. The fraction of sp³-hybridized carbons (Fsp3) is 0.611. The predicted molar refractivity (Wildman–Crippen MR) is 182 cm³/mol. The summed E-state index contributed by atoms with van der Waals surface area (Å²) < 4.78 is 107. The lowest BCUT2D eigenvalue weighted by Gasteiger charge is -2.45. The van der Waals surface area contributed by atoms with Crippen LogP contribution in [0.4, 0.5) is 26.3 Å². The predicted octanol–water partition coefficient (Wildman–Crippen LogP) is 6.07. The molecule has 2 aromatic rings. The molecule has 2 atom stereocenters. The molecule has 294 valence electrons. The van der Waals surface area contributed by atoms with Gasteiger partial charge in [-0.25, -0.2) is 13.2 Å². The maximum atomic E-state index is 14.1. The van der Waals surface area contributed by atoms with Gasteiger partial charge in [0.25, 0.3) is 0 Å². The van der Waals surface area contributed by atoms with Gasteiger partial charge in [0.2, 0.25) is 15.9 Å². The number of carboxylic acids is 1. The normalized spacial score (nSPS) is 22.1. The van der Waals surface area contributed by atoms with Crippen LogP contribution in [-0.2, 0) is 25.8 Å². The number of piperidine rings is 1.